The molecule has 24 heavy (non-hydrogen) atoms. The standard InChI is InChI=1S/C20H17ClO.C2H6/c1-22-19-14-12-18(13-15-19)20(21,16-8-4-2-5-9-16)17-10-6-3-7-11-17;1-2/h2-15H,1H3;1-2H3. The molecule has 1 nitrogen and oxygen atoms in total. The molecule has 3 aromatic carbocycles. The minimum absolute atomic E-state index is 0.714. The van der Waals surface area contributed by atoms with Crippen molar-refractivity contribution in [1.29, 1.82) is 0 Å². The average molecular weight is 339 g/mol. The zero-order chi connectivity index (χ0) is 17.4. The Morgan fingerprint density at radius 1 is 0.625 bits per heavy atom. The molecule has 2 heteroatoms. The highest BCUT2D eigenvalue weighted by Crippen LogP contribution is 2.43. The van der Waals surface area contributed by atoms with Gasteiger partial charge in [0.05, 0.1) is 7.11 Å². The summed E-state index contributed by atoms with van der Waals surface area (Å²) in [6, 6.07) is 28.2. The Balaban J connectivity index is 0.00000100. The summed E-state index contributed by atoms with van der Waals surface area (Å²) in [7, 11) is 1.66. The summed E-state index contributed by atoms with van der Waals surface area (Å²) >= 11 is 7.17. The molecule has 0 saturated carbocycles. The van der Waals surface area contributed by atoms with Gasteiger partial charge in [-0.3, -0.25) is 0 Å². The molecule has 0 aliphatic heterocycles. The van der Waals surface area contributed by atoms with E-state index in [1.54, 1.807) is 7.11 Å². The SMILES string of the molecule is CC.COc1ccc(C(Cl)(c2ccccc2)c2ccccc2)cc1. The molecule has 3 aromatic rings. The molecule has 0 atom stereocenters. The van der Waals surface area contributed by atoms with Gasteiger partial charge in [0.1, 0.15) is 10.6 Å². The second-order valence-corrected chi connectivity index (χ2v) is 5.69. The van der Waals surface area contributed by atoms with Gasteiger partial charge in [0.15, 0.2) is 0 Å². The summed E-state index contributed by atoms with van der Waals surface area (Å²) in [4.78, 5) is -0.714. The monoisotopic (exact) mass is 338 g/mol. The van der Waals surface area contributed by atoms with Crippen molar-refractivity contribution in [2.24, 2.45) is 0 Å². The van der Waals surface area contributed by atoms with Gasteiger partial charge in [0.2, 0.25) is 0 Å². The van der Waals surface area contributed by atoms with Gasteiger partial charge in [0.25, 0.3) is 0 Å². The van der Waals surface area contributed by atoms with E-state index in [9.17, 15) is 0 Å². The van der Waals surface area contributed by atoms with Crippen LogP contribution in [-0.2, 0) is 4.87 Å². The third kappa shape index (κ3) is 3.63. The fourth-order valence-electron chi connectivity index (χ4n) is 2.66. The molecule has 0 aliphatic carbocycles. The number of rotatable bonds is 4. The maximum Gasteiger partial charge on any atom is 0.119 e. The fourth-order valence-corrected chi connectivity index (χ4v) is 3.03. The zero-order valence-electron chi connectivity index (χ0n) is 14.4. The number of methoxy groups -OCH3 is 1. The number of benzene rings is 3. The van der Waals surface area contributed by atoms with Crippen molar-refractivity contribution in [1.82, 2.24) is 0 Å². The highest BCUT2D eigenvalue weighted by Gasteiger charge is 2.33. The quantitative estimate of drug-likeness (QED) is 0.403. The molecule has 0 radical (unpaired) electrons. The van der Waals surface area contributed by atoms with Crippen LogP contribution in [0.1, 0.15) is 30.5 Å². The van der Waals surface area contributed by atoms with Crippen molar-refractivity contribution in [3.63, 3.8) is 0 Å². The molecule has 0 aliphatic rings. The van der Waals surface area contributed by atoms with Crippen molar-refractivity contribution < 1.29 is 4.74 Å². The van der Waals surface area contributed by atoms with Crippen LogP contribution >= 0.6 is 11.6 Å². The summed E-state index contributed by atoms with van der Waals surface area (Å²) in [6.07, 6.45) is 0. The first kappa shape index (κ1) is 18.1. The van der Waals surface area contributed by atoms with Gasteiger partial charge < -0.3 is 4.74 Å². The first-order valence-electron chi connectivity index (χ1n) is 8.19. The van der Waals surface area contributed by atoms with Gasteiger partial charge in [-0.25, -0.2) is 0 Å². The number of alkyl halides is 1. The average Bonchev–Trinajstić information content (AvgIpc) is 2.70. The normalized spacial score (nSPS) is 10.5. The molecule has 0 amide bonds. The van der Waals surface area contributed by atoms with Crippen LogP contribution in [0.4, 0.5) is 0 Å². The van der Waals surface area contributed by atoms with E-state index in [-0.39, 0.29) is 0 Å². The van der Waals surface area contributed by atoms with Crippen molar-refractivity contribution in [3.8, 4) is 5.75 Å². The maximum atomic E-state index is 7.17. The van der Waals surface area contributed by atoms with E-state index in [1.165, 1.54) is 0 Å². The number of halogens is 1. The second kappa shape index (κ2) is 8.56. The second-order valence-electron chi connectivity index (χ2n) is 5.12. The lowest BCUT2D eigenvalue weighted by atomic mass is 9.84. The molecule has 0 saturated heterocycles. The van der Waals surface area contributed by atoms with E-state index in [2.05, 4.69) is 24.3 Å². The Bertz CT molecular complexity index is 681. The van der Waals surface area contributed by atoms with Crippen LogP contribution in [0.5, 0.6) is 5.75 Å². The van der Waals surface area contributed by atoms with Crippen LogP contribution in [0.2, 0.25) is 0 Å². The highest BCUT2D eigenvalue weighted by molar-refractivity contribution is 6.28. The maximum absolute atomic E-state index is 7.17. The van der Waals surface area contributed by atoms with Crippen molar-refractivity contribution in [2.75, 3.05) is 7.11 Å². The van der Waals surface area contributed by atoms with Crippen molar-refractivity contribution in [2.45, 2.75) is 18.7 Å². The molecule has 0 spiro atoms. The number of ether oxygens (including phenoxy) is 1. The van der Waals surface area contributed by atoms with E-state index in [1.807, 2.05) is 74.5 Å². The Hall–Kier alpha value is -2.25. The Morgan fingerprint density at radius 2 is 1.00 bits per heavy atom. The summed E-state index contributed by atoms with van der Waals surface area (Å²) < 4.78 is 5.25. The van der Waals surface area contributed by atoms with Gasteiger partial charge >= 0.3 is 0 Å². The van der Waals surface area contributed by atoms with Gasteiger partial charge in [-0.2, -0.15) is 0 Å². The molecular weight excluding hydrogens is 316 g/mol. The Labute approximate surface area is 149 Å². The van der Waals surface area contributed by atoms with Crippen LogP contribution in [-0.4, -0.2) is 7.11 Å². The molecule has 3 rings (SSSR count). The summed E-state index contributed by atoms with van der Waals surface area (Å²) in [6.45, 7) is 4.00. The molecule has 0 heterocycles. The fraction of sp³-hybridized carbons (Fsp3) is 0.182. The van der Waals surface area contributed by atoms with Crippen LogP contribution in [0.3, 0.4) is 0 Å². The Morgan fingerprint density at radius 3 is 1.38 bits per heavy atom. The Kier molecular flexibility index (Phi) is 6.45. The predicted molar refractivity (Wildman–Crippen MR) is 103 cm³/mol. The smallest absolute Gasteiger partial charge is 0.119 e. The summed E-state index contributed by atoms with van der Waals surface area (Å²) in [5, 5.41) is 0. The van der Waals surface area contributed by atoms with Gasteiger partial charge in [-0.05, 0) is 28.8 Å². The van der Waals surface area contributed by atoms with E-state index in [4.69, 9.17) is 16.3 Å². The first-order valence-corrected chi connectivity index (χ1v) is 8.57. The minimum atomic E-state index is -0.714. The van der Waals surface area contributed by atoms with Crippen molar-refractivity contribution in [3.05, 3.63) is 102 Å². The topological polar surface area (TPSA) is 9.23 Å². The lowest BCUT2D eigenvalue weighted by molar-refractivity contribution is 0.414. The van der Waals surface area contributed by atoms with E-state index < -0.39 is 4.87 Å². The number of hydrogen-bond acceptors (Lipinski definition) is 1. The van der Waals surface area contributed by atoms with Crippen molar-refractivity contribution >= 4 is 11.6 Å². The van der Waals surface area contributed by atoms with Crippen LogP contribution in [0.25, 0.3) is 0 Å². The molecule has 0 fully saturated rings. The third-order valence-corrected chi connectivity index (χ3v) is 4.49. The lowest BCUT2D eigenvalue weighted by Crippen LogP contribution is -2.22. The molecule has 0 unspecified atom stereocenters. The molecule has 0 bridgehead atoms. The van der Waals surface area contributed by atoms with E-state index >= 15 is 0 Å². The molecular formula is C22H23ClO. The third-order valence-electron chi connectivity index (χ3n) is 3.83. The predicted octanol–water partition coefficient (Wildman–Crippen LogP) is 6.25. The first-order chi connectivity index (χ1) is 11.7. The van der Waals surface area contributed by atoms with Gasteiger partial charge in [0, 0.05) is 0 Å². The minimum Gasteiger partial charge on any atom is -0.497 e. The molecule has 0 aromatic heterocycles. The van der Waals surface area contributed by atoms with Crippen LogP contribution in [0.15, 0.2) is 84.9 Å². The van der Waals surface area contributed by atoms with E-state index in [0.29, 0.717) is 0 Å². The van der Waals surface area contributed by atoms with Crippen LogP contribution in [0, 0.1) is 0 Å². The molecule has 0 N–H and O–H groups in total. The summed E-state index contributed by atoms with van der Waals surface area (Å²) in [5.41, 5.74) is 3.12. The van der Waals surface area contributed by atoms with Gasteiger partial charge in [-0.15, -0.1) is 11.6 Å². The van der Waals surface area contributed by atoms with Crippen LogP contribution < -0.4 is 4.74 Å². The largest absolute Gasteiger partial charge is 0.497 e. The lowest BCUT2D eigenvalue weighted by Gasteiger charge is -2.29. The summed E-state index contributed by atoms with van der Waals surface area (Å²) in [5.74, 6) is 0.823. The zero-order valence-corrected chi connectivity index (χ0v) is 15.1. The highest BCUT2D eigenvalue weighted by atomic mass is 35.5. The molecule has 124 valence electrons. The number of hydrogen-bond donors (Lipinski definition) is 0. The van der Waals surface area contributed by atoms with Gasteiger partial charge in [-0.1, -0.05) is 86.6 Å². The van der Waals surface area contributed by atoms with E-state index in [0.717, 1.165) is 22.4 Å².